The Bertz CT molecular complexity index is 323. The van der Waals surface area contributed by atoms with Crippen molar-refractivity contribution in [3.05, 3.63) is 0 Å². The molecule has 1 saturated heterocycles. The van der Waals surface area contributed by atoms with Crippen molar-refractivity contribution in [3.63, 3.8) is 0 Å². The first kappa shape index (κ1) is 18.4. The van der Waals surface area contributed by atoms with E-state index in [0.29, 0.717) is 6.54 Å². The number of carboxylic acids is 1. The van der Waals surface area contributed by atoms with Gasteiger partial charge in [-0.1, -0.05) is 47.5 Å². The fourth-order valence-electron chi connectivity index (χ4n) is 3.06. The number of rotatable bonds is 7. The van der Waals surface area contributed by atoms with Crippen LogP contribution in [0.1, 0.15) is 53.9 Å². The summed E-state index contributed by atoms with van der Waals surface area (Å²) < 4.78 is 0. The van der Waals surface area contributed by atoms with Crippen LogP contribution in [0.3, 0.4) is 0 Å². The second-order valence-corrected chi connectivity index (χ2v) is 8.08. The predicted octanol–water partition coefficient (Wildman–Crippen LogP) is 2.93. The molecule has 0 saturated carbocycles. The number of aliphatic carboxylic acids is 1. The van der Waals surface area contributed by atoms with Gasteiger partial charge in [0.1, 0.15) is 6.04 Å². The summed E-state index contributed by atoms with van der Waals surface area (Å²) in [6, 6.07) is -0.333. The van der Waals surface area contributed by atoms with Crippen LogP contribution in [0.5, 0.6) is 0 Å². The SMILES string of the molecule is CC(C)CCCCN1CCN(CC(C)(C)C)CC1C(=O)O. The van der Waals surface area contributed by atoms with Crippen LogP contribution >= 0.6 is 0 Å². The summed E-state index contributed by atoms with van der Waals surface area (Å²) in [7, 11) is 0. The van der Waals surface area contributed by atoms with Gasteiger partial charge in [-0.2, -0.15) is 0 Å². The van der Waals surface area contributed by atoms with Gasteiger partial charge >= 0.3 is 5.97 Å². The molecule has 1 aliphatic heterocycles. The number of piperazine rings is 1. The third-order valence-corrected chi connectivity index (χ3v) is 4.04. The quantitative estimate of drug-likeness (QED) is 0.734. The molecule has 1 atom stereocenters. The van der Waals surface area contributed by atoms with Gasteiger partial charge in [-0.05, 0) is 24.3 Å². The Kier molecular flexibility index (Phi) is 7.14. The van der Waals surface area contributed by atoms with E-state index in [-0.39, 0.29) is 11.5 Å². The molecule has 0 aliphatic carbocycles. The van der Waals surface area contributed by atoms with E-state index in [9.17, 15) is 9.90 Å². The Balaban J connectivity index is 2.45. The van der Waals surface area contributed by atoms with Crippen molar-refractivity contribution in [2.75, 3.05) is 32.7 Å². The van der Waals surface area contributed by atoms with E-state index in [4.69, 9.17) is 0 Å². The molecular formula is C17H34N2O2. The number of nitrogens with zero attached hydrogens (tertiary/aromatic N) is 2. The highest BCUT2D eigenvalue weighted by molar-refractivity contribution is 5.74. The summed E-state index contributed by atoms with van der Waals surface area (Å²) >= 11 is 0. The molecule has 1 aliphatic rings. The standard InChI is InChI=1S/C17H34N2O2/c1-14(2)8-6-7-9-19-11-10-18(13-17(3,4)5)12-15(19)16(20)21/h14-15H,6-13H2,1-5H3,(H,20,21). The minimum absolute atomic E-state index is 0.225. The molecule has 1 rings (SSSR count). The molecule has 1 unspecified atom stereocenters. The zero-order chi connectivity index (χ0) is 16.0. The van der Waals surface area contributed by atoms with E-state index in [2.05, 4.69) is 44.4 Å². The maximum Gasteiger partial charge on any atom is 0.322 e. The van der Waals surface area contributed by atoms with Crippen molar-refractivity contribution >= 4 is 5.97 Å². The maximum atomic E-state index is 11.5. The molecule has 0 radical (unpaired) electrons. The highest BCUT2D eigenvalue weighted by Gasteiger charge is 2.33. The highest BCUT2D eigenvalue weighted by Crippen LogP contribution is 2.19. The Morgan fingerprint density at radius 2 is 1.90 bits per heavy atom. The zero-order valence-corrected chi connectivity index (χ0v) is 14.6. The minimum atomic E-state index is -0.669. The van der Waals surface area contributed by atoms with Gasteiger partial charge in [0.25, 0.3) is 0 Å². The van der Waals surface area contributed by atoms with Gasteiger partial charge in [0.15, 0.2) is 0 Å². The number of carboxylic acid groups (broad SMARTS) is 1. The highest BCUT2D eigenvalue weighted by atomic mass is 16.4. The van der Waals surface area contributed by atoms with Crippen molar-refractivity contribution in [3.8, 4) is 0 Å². The summed E-state index contributed by atoms with van der Waals surface area (Å²) in [4.78, 5) is 16.0. The van der Waals surface area contributed by atoms with Crippen LogP contribution in [0.25, 0.3) is 0 Å². The molecule has 4 nitrogen and oxygen atoms in total. The second kappa shape index (κ2) is 8.14. The summed E-state index contributed by atoms with van der Waals surface area (Å²) in [5.41, 5.74) is 0.225. The van der Waals surface area contributed by atoms with E-state index < -0.39 is 5.97 Å². The molecule has 0 spiro atoms. The lowest BCUT2D eigenvalue weighted by atomic mass is 9.95. The van der Waals surface area contributed by atoms with Gasteiger partial charge in [-0.15, -0.1) is 0 Å². The van der Waals surface area contributed by atoms with Crippen LogP contribution in [-0.4, -0.2) is 59.6 Å². The largest absolute Gasteiger partial charge is 0.480 e. The second-order valence-electron chi connectivity index (χ2n) is 8.08. The lowest BCUT2D eigenvalue weighted by Crippen LogP contribution is -2.57. The Labute approximate surface area is 130 Å². The van der Waals surface area contributed by atoms with Crippen LogP contribution in [-0.2, 0) is 4.79 Å². The summed E-state index contributed by atoms with van der Waals surface area (Å²) in [5, 5.41) is 9.50. The van der Waals surface area contributed by atoms with Crippen LogP contribution in [0.4, 0.5) is 0 Å². The molecule has 1 heterocycles. The zero-order valence-electron chi connectivity index (χ0n) is 14.6. The smallest absolute Gasteiger partial charge is 0.322 e. The predicted molar refractivity (Wildman–Crippen MR) is 87.6 cm³/mol. The normalized spacial score (nSPS) is 21.9. The maximum absolute atomic E-state index is 11.5. The lowest BCUT2D eigenvalue weighted by Gasteiger charge is -2.41. The molecule has 124 valence electrons. The van der Waals surface area contributed by atoms with Crippen LogP contribution < -0.4 is 0 Å². The number of hydrogen-bond donors (Lipinski definition) is 1. The van der Waals surface area contributed by atoms with E-state index in [1.165, 1.54) is 12.8 Å². The monoisotopic (exact) mass is 298 g/mol. The first-order chi connectivity index (χ1) is 9.69. The number of hydrogen-bond acceptors (Lipinski definition) is 3. The summed E-state index contributed by atoms with van der Waals surface area (Å²) in [6.07, 6.45) is 3.55. The van der Waals surface area contributed by atoms with Gasteiger partial charge in [0, 0.05) is 26.2 Å². The molecule has 0 bridgehead atoms. The van der Waals surface area contributed by atoms with Crippen molar-refractivity contribution in [1.82, 2.24) is 9.80 Å². The van der Waals surface area contributed by atoms with Gasteiger partial charge in [-0.3, -0.25) is 14.6 Å². The van der Waals surface area contributed by atoms with E-state index in [1.54, 1.807) is 0 Å². The van der Waals surface area contributed by atoms with Crippen LogP contribution in [0.2, 0.25) is 0 Å². The van der Waals surface area contributed by atoms with Gasteiger partial charge < -0.3 is 5.11 Å². The number of carbonyl (C=O) groups is 1. The average Bonchev–Trinajstić information content (AvgIpc) is 2.33. The molecule has 0 aromatic rings. The first-order valence-electron chi connectivity index (χ1n) is 8.38. The summed E-state index contributed by atoms with van der Waals surface area (Å²) in [6.45, 7) is 15.5. The van der Waals surface area contributed by atoms with Gasteiger partial charge in [0.2, 0.25) is 0 Å². The van der Waals surface area contributed by atoms with Crippen LogP contribution in [0, 0.1) is 11.3 Å². The number of unbranched alkanes of at least 4 members (excludes halogenated alkanes) is 1. The molecule has 1 fully saturated rings. The average molecular weight is 298 g/mol. The Morgan fingerprint density at radius 3 is 2.43 bits per heavy atom. The fourth-order valence-corrected chi connectivity index (χ4v) is 3.06. The van der Waals surface area contributed by atoms with Crippen molar-refractivity contribution < 1.29 is 9.90 Å². The van der Waals surface area contributed by atoms with Gasteiger partial charge in [0.05, 0.1) is 0 Å². The van der Waals surface area contributed by atoms with Crippen molar-refractivity contribution in [1.29, 1.82) is 0 Å². The summed E-state index contributed by atoms with van der Waals surface area (Å²) in [5.74, 6) is 0.0707. The Hall–Kier alpha value is -0.610. The fraction of sp³-hybridized carbons (Fsp3) is 0.941. The Morgan fingerprint density at radius 1 is 1.24 bits per heavy atom. The van der Waals surface area contributed by atoms with Crippen molar-refractivity contribution in [2.24, 2.45) is 11.3 Å². The first-order valence-corrected chi connectivity index (χ1v) is 8.38. The van der Waals surface area contributed by atoms with Crippen molar-refractivity contribution in [2.45, 2.75) is 59.9 Å². The lowest BCUT2D eigenvalue weighted by molar-refractivity contribution is -0.146. The van der Waals surface area contributed by atoms with E-state index in [1.807, 2.05) is 0 Å². The third kappa shape index (κ3) is 7.28. The topological polar surface area (TPSA) is 43.8 Å². The molecule has 0 amide bonds. The molecule has 4 heteroatoms. The van der Waals surface area contributed by atoms with E-state index in [0.717, 1.165) is 38.5 Å². The van der Waals surface area contributed by atoms with Gasteiger partial charge in [-0.25, -0.2) is 0 Å². The van der Waals surface area contributed by atoms with E-state index >= 15 is 0 Å². The molecule has 1 N–H and O–H groups in total. The molecule has 0 aromatic heterocycles. The molecule has 0 aromatic carbocycles. The minimum Gasteiger partial charge on any atom is -0.480 e. The van der Waals surface area contributed by atoms with Crippen LogP contribution in [0.15, 0.2) is 0 Å². The molecule has 21 heavy (non-hydrogen) atoms. The molecular weight excluding hydrogens is 264 g/mol. The third-order valence-electron chi connectivity index (χ3n) is 4.04.